The van der Waals surface area contributed by atoms with Crippen molar-refractivity contribution in [2.75, 3.05) is 0 Å². The molecule has 19 heavy (non-hydrogen) atoms. The van der Waals surface area contributed by atoms with Gasteiger partial charge in [-0.1, -0.05) is 28.1 Å². The van der Waals surface area contributed by atoms with Crippen LogP contribution < -0.4 is 5.32 Å². The Kier molecular flexibility index (Phi) is 4.31. The predicted molar refractivity (Wildman–Crippen MR) is 75.4 cm³/mol. The van der Waals surface area contributed by atoms with Crippen molar-refractivity contribution in [1.82, 2.24) is 20.1 Å². The largest absolute Gasteiger partial charge is 0.346 e. The van der Waals surface area contributed by atoms with Crippen molar-refractivity contribution in [3.8, 4) is 0 Å². The summed E-state index contributed by atoms with van der Waals surface area (Å²) in [5, 5.41) is 10.7. The van der Waals surface area contributed by atoms with Crippen molar-refractivity contribution < 1.29 is 4.79 Å². The van der Waals surface area contributed by atoms with E-state index in [0.29, 0.717) is 6.42 Å². The van der Waals surface area contributed by atoms with E-state index in [4.69, 9.17) is 0 Å². The number of aromatic nitrogens is 3. The van der Waals surface area contributed by atoms with Crippen molar-refractivity contribution in [3.05, 3.63) is 46.5 Å². The Morgan fingerprint density at radius 2 is 2.32 bits per heavy atom. The summed E-state index contributed by atoms with van der Waals surface area (Å²) in [6, 6.07) is 7.55. The Morgan fingerprint density at radius 1 is 1.53 bits per heavy atom. The molecular weight excluding hydrogens is 308 g/mol. The summed E-state index contributed by atoms with van der Waals surface area (Å²) in [4.78, 5) is 12.0. The number of halogens is 1. The third-order valence-corrected chi connectivity index (χ3v) is 3.26. The van der Waals surface area contributed by atoms with Crippen molar-refractivity contribution in [1.29, 1.82) is 0 Å². The Morgan fingerprint density at radius 3 is 2.95 bits per heavy atom. The minimum atomic E-state index is -0.160. The second-order valence-corrected chi connectivity index (χ2v) is 5.31. The molecule has 1 atom stereocenters. The molecule has 1 aromatic heterocycles. The van der Waals surface area contributed by atoms with Gasteiger partial charge in [0.1, 0.15) is 6.33 Å². The van der Waals surface area contributed by atoms with Crippen LogP contribution in [0.15, 0.2) is 35.1 Å². The molecule has 0 aliphatic carbocycles. The third-order valence-electron chi connectivity index (χ3n) is 2.76. The lowest BCUT2D eigenvalue weighted by atomic mass is 10.1. The third kappa shape index (κ3) is 3.64. The monoisotopic (exact) mass is 322 g/mol. The van der Waals surface area contributed by atoms with Gasteiger partial charge in [-0.3, -0.25) is 4.79 Å². The van der Waals surface area contributed by atoms with E-state index < -0.39 is 0 Å². The number of rotatable bonds is 4. The molecule has 0 aliphatic rings. The summed E-state index contributed by atoms with van der Waals surface area (Å²) < 4.78 is 2.77. The molecule has 0 radical (unpaired) electrons. The number of benzene rings is 1. The first-order chi connectivity index (χ1) is 9.06. The van der Waals surface area contributed by atoms with Crippen LogP contribution in [0.25, 0.3) is 0 Å². The highest BCUT2D eigenvalue weighted by Gasteiger charge is 2.14. The molecule has 5 nitrogen and oxygen atoms in total. The fourth-order valence-electron chi connectivity index (χ4n) is 1.87. The highest BCUT2D eigenvalue weighted by molar-refractivity contribution is 9.10. The molecule has 0 saturated carbocycles. The van der Waals surface area contributed by atoms with Gasteiger partial charge in [0.25, 0.3) is 0 Å². The molecule has 0 spiro atoms. The van der Waals surface area contributed by atoms with Crippen LogP contribution in [-0.2, 0) is 18.3 Å². The molecule has 1 heterocycles. The van der Waals surface area contributed by atoms with Crippen LogP contribution in [0.3, 0.4) is 0 Å². The molecule has 0 aliphatic heterocycles. The lowest BCUT2D eigenvalue weighted by molar-refractivity contribution is -0.121. The van der Waals surface area contributed by atoms with E-state index in [9.17, 15) is 4.79 Å². The Balaban J connectivity index is 1.96. The molecule has 0 fully saturated rings. The number of carbonyl (C=O) groups is 1. The van der Waals surface area contributed by atoms with Crippen LogP contribution in [0.5, 0.6) is 0 Å². The number of hydrogen-bond donors (Lipinski definition) is 1. The molecular formula is C13H15BrN4O. The average Bonchev–Trinajstić information content (AvgIpc) is 2.75. The minimum Gasteiger partial charge on any atom is -0.346 e. The molecule has 6 heteroatoms. The van der Waals surface area contributed by atoms with Gasteiger partial charge in [-0.15, -0.1) is 10.2 Å². The summed E-state index contributed by atoms with van der Waals surface area (Å²) in [7, 11) is 1.85. The van der Waals surface area contributed by atoms with Gasteiger partial charge in [0, 0.05) is 11.5 Å². The van der Waals surface area contributed by atoms with Crippen molar-refractivity contribution in [2.24, 2.45) is 7.05 Å². The SMILES string of the molecule is C[C@@H](NC(=O)Cc1cccc(Br)c1)c1nncn1C. The first-order valence-electron chi connectivity index (χ1n) is 5.94. The summed E-state index contributed by atoms with van der Waals surface area (Å²) in [5.41, 5.74) is 0.969. The summed E-state index contributed by atoms with van der Waals surface area (Å²) in [6.07, 6.45) is 1.97. The first-order valence-corrected chi connectivity index (χ1v) is 6.73. The zero-order valence-electron chi connectivity index (χ0n) is 10.8. The van der Waals surface area contributed by atoms with Crippen molar-refractivity contribution >= 4 is 21.8 Å². The minimum absolute atomic E-state index is 0.0337. The number of hydrogen-bond acceptors (Lipinski definition) is 3. The van der Waals surface area contributed by atoms with E-state index in [2.05, 4.69) is 31.4 Å². The molecule has 1 amide bonds. The maximum Gasteiger partial charge on any atom is 0.224 e. The maximum absolute atomic E-state index is 12.0. The standard InChI is InChI=1S/C13H15BrN4O/c1-9(13-17-15-8-18(13)2)16-12(19)7-10-4-3-5-11(14)6-10/h3-6,8-9H,7H2,1-2H3,(H,16,19)/t9-/m1/s1. The van der Waals surface area contributed by atoms with Gasteiger partial charge in [0.15, 0.2) is 5.82 Å². The lowest BCUT2D eigenvalue weighted by Crippen LogP contribution is -2.29. The van der Waals surface area contributed by atoms with Gasteiger partial charge in [-0.25, -0.2) is 0 Å². The second kappa shape index (κ2) is 5.97. The smallest absolute Gasteiger partial charge is 0.224 e. The number of carbonyl (C=O) groups excluding carboxylic acids is 1. The van der Waals surface area contributed by atoms with E-state index in [1.54, 1.807) is 10.9 Å². The zero-order chi connectivity index (χ0) is 13.8. The molecule has 0 saturated heterocycles. The topological polar surface area (TPSA) is 59.8 Å². The van der Waals surface area contributed by atoms with Gasteiger partial charge >= 0.3 is 0 Å². The van der Waals surface area contributed by atoms with Crippen LogP contribution >= 0.6 is 15.9 Å². The first kappa shape index (κ1) is 13.7. The number of nitrogens with one attached hydrogen (secondary N) is 1. The molecule has 2 rings (SSSR count). The van der Waals surface area contributed by atoms with Gasteiger partial charge in [-0.05, 0) is 24.6 Å². The molecule has 0 bridgehead atoms. The molecule has 0 unspecified atom stereocenters. The van der Waals surface area contributed by atoms with E-state index in [-0.39, 0.29) is 11.9 Å². The van der Waals surface area contributed by atoms with Gasteiger partial charge in [0.2, 0.25) is 5.91 Å². The predicted octanol–water partition coefficient (Wildman–Crippen LogP) is 2.00. The number of aryl methyl sites for hydroxylation is 1. The second-order valence-electron chi connectivity index (χ2n) is 4.40. The fraction of sp³-hybridized carbons (Fsp3) is 0.308. The summed E-state index contributed by atoms with van der Waals surface area (Å²) in [5.74, 6) is 0.705. The van der Waals surface area contributed by atoms with Crippen LogP contribution in [0.2, 0.25) is 0 Å². The van der Waals surface area contributed by atoms with Crippen LogP contribution in [0, 0.1) is 0 Å². The van der Waals surface area contributed by atoms with Crippen molar-refractivity contribution in [2.45, 2.75) is 19.4 Å². The normalized spacial score (nSPS) is 12.2. The zero-order valence-corrected chi connectivity index (χ0v) is 12.4. The highest BCUT2D eigenvalue weighted by atomic mass is 79.9. The average molecular weight is 323 g/mol. The van der Waals surface area contributed by atoms with Gasteiger partial charge in [0.05, 0.1) is 12.5 Å². The fourth-order valence-corrected chi connectivity index (χ4v) is 2.32. The van der Waals surface area contributed by atoms with Crippen LogP contribution in [-0.4, -0.2) is 20.7 Å². The van der Waals surface area contributed by atoms with Crippen molar-refractivity contribution in [3.63, 3.8) is 0 Å². The molecule has 100 valence electrons. The van der Waals surface area contributed by atoms with E-state index in [1.807, 2.05) is 38.2 Å². The lowest BCUT2D eigenvalue weighted by Gasteiger charge is -2.13. The Bertz CT molecular complexity index is 582. The Hall–Kier alpha value is -1.69. The Labute approximate surface area is 120 Å². The quantitative estimate of drug-likeness (QED) is 0.936. The van der Waals surface area contributed by atoms with Gasteiger partial charge < -0.3 is 9.88 Å². The van der Waals surface area contributed by atoms with E-state index in [1.165, 1.54) is 0 Å². The summed E-state index contributed by atoms with van der Waals surface area (Å²) >= 11 is 3.39. The summed E-state index contributed by atoms with van der Waals surface area (Å²) in [6.45, 7) is 1.89. The maximum atomic E-state index is 12.0. The molecule has 1 aromatic carbocycles. The van der Waals surface area contributed by atoms with E-state index in [0.717, 1.165) is 15.9 Å². The number of nitrogens with zero attached hydrogens (tertiary/aromatic N) is 3. The van der Waals surface area contributed by atoms with Crippen LogP contribution in [0.1, 0.15) is 24.4 Å². The highest BCUT2D eigenvalue weighted by Crippen LogP contribution is 2.13. The van der Waals surface area contributed by atoms with Crippen LogP contribution in [0.4, 0.5) is 0 Å². The molecule has 2 aromatic rings. The number of amides is 1. The van der Waals surface area contributed by atoms with Gasteiger partial charge in [-0.2, -0.15) is 0 Å². The van der Waals surface area contributed by atoms with E-state index >= 15 is 0 Å². The molecule has 1 N–H and O–H groups in total.